The fourth-order valence-electron chi connectivity index (χ4n) is 5.17. The van der Waals surface area contributed by atoms with Gasteiger partial charge in [0.1, 0.15) is 19.8 Å². The first-order chi connectivity index (χ1) is 30.0. The van der Waals surface area contributed by atoms with Gasteiger partial charge in [-0.2, -0.15) is 0 Å². The molecule has 0 bridgehead atoms. The van der Waals surface area contributed by atoms with Crippen LogP contribution in [-0.2, 0) is 32.7 Å². The van der Waals surface area contributed by atoms with Gasteiger partial charge in [0.25, 0.3) is 7.82 Å². The molecule has 0 amide bonds. The maximum atomic E-state index is 12.7. The van der Waals surface area contributed by atoms with E-state index in [9.17, 15) is 19.0 Å². The van der Waals surface area contributed by atoms with Gasteiger partial charge in [-0.25, -0.2) is 0 Å². The molecule has 1 unspecified atom stereocenters. The Kier molecular flexibility index (Phi) is 39.8. The lowest BCUT2D eigenvalue weighted by atomic mass is 10.1. The molecule has 0 heterocycles. The number of allylic oxidation sites excluding steroid dienone is 22. The van der Waals surface area contributed by atoms with Crippen LogP contribution in [0.1, 0.15) is 129 Å². The fourth-order valence-corrected chi connectivity index (χ4v) is 5.90. The Morgan fingerprint density at radius 2 is 0.903 bits per heavy atom. The summed E-state index contributed by atoms with van der Waals surface area (Å²) in [6, 6.07) is 0. The second kappa shape index (κ2) is 42.5. The molecule has 0 rings (SSSR count). The van der Waals surface area contributed by atoms with E-state index in [2.05, 4.69) is 135 Å². The highest BCUT2D eigenvalue weighted by Crippen LogP contribution is 2.38. The number of unbranched alkanes of at least 4 members (excludes halogenated alkanes) is 3. The summed E-state index contributed by atoms with van der Waals surface area (Å²) < 4.78 is 33.8. The van der Waals surface area contributed by atoms with Crippen LogP contribution in [0.4, 0.5) is 0 Å². The zero-order valence-corrected chi connectivity index (χ0v) is 39.9. The van der Waals surface area contributed by atoms with Crippen LogP contribution in [0, 0.1) is 0 Å². The molecule has 62 heavy (non-hydrogen) atoms. The lowest BCUT2D eigenvalue weighted by molar-refractivity contribution is -0.870. The van der Waals surface area contributed by atoms with E-state index in [1.54, 1.807) is 0 Å². The molecule has 0 aliphatic rings. The zero-order valence-electron chi connectivity index (χ0n) is 39.0. The third-order valence-corrected chi connectivity index (χ3v) is 9.64. The first-order valence-electron chi connectivity index (χ1n) is 22.9. The van der Waals surface area contributed by atoms with Gasteiger partial charge in [-0.05, 0) is 96.3 Å². The number of nitrogens with zero attached hydrogens (tertiary/aromatic N) is 1. The standard InChI is InChI=1S/C52H82NO8P/c1-6-8-10-12-14-16-18-20-22-24-26-28-30-32-34-36-38-40-42-44-51(54)58-48-50(49-60-62(56,57)59-47-46-53(3,4)5)61-52(55)45-43-41-39-37-35-33-31-29-27-25-23-21-19-17-15-13-11-9-7-2/h8-11,14-17,20-23,26-29,32-35,38,40,50H,6-7,12-13,18-19,24-25,30-31,36-37,39,41-49H2,1-5H3/b10-8-,11-9-,16-14-,17-15-,22-20-,23-21-,28-26-,29-27-,34-32-,35-33-,40-38-/t50-/m1/s1. The molecule has 0 N–H and O–H groups in total. The van der Waals surface area contributed by atoms with Crippen LogP contribution in [0.5, 0.6) is 0 Å². The van der Waals surface area contributed by atoms with Crippen LogP contribution in [0.25, 0.3) is 0 Å². The van der Waals surface area contributed by atoms with Gasteiger partial charge in [0.05, 0.1) is 27.7 Å². The molecule has 0 aliphatic heterocycles. The minimum Gasteiger partial charge on any atom is -0.756 e. The van der Waals surface area contributed by atoms with Crippen LogP contribution in [0.3, 0.4) is 0 Å². The molecular weight excluding hydrogens is 798 g/mol. The summed E-state index contributed by atoms with van der Waals surface area (Å²) in [6.07, 6.45) is 60.7. The molecule has 2 atom stereocenters. The minimum absolute atomic E-state index is 0.0576. The van der Waals surface area contributed by atoms with Crippen LogP contribution in [-0.4, -0.2) is 70.0 Å². The van der Waals surface area contributed by atoms with E-state index in [1.807, 2.05) is 33.3 Å². The third-order valence-electron chi connectivity index (χ3n) is 8.68. The predicted molar refractivity (Wildman–Crippen MR) is 258 cm³/mol. The molecule has 0 spiro atoms. The van der Waals surface area contributed by atoms with Gasteiger partial charge in [0, 0.05) is 12.8 Å². The van der Waals surface area contributed by atoms with E-state index in [4.69, 9.17) is 18.5 Å². The first kappa shape index (κ1) is 58.1. The Hall–Kier alpha value is -3.85. The lowest BCUT2D eigenvalue weighted by Crippen LogP contribution is -2.37. The van der Waals surface area contributed by atoms with E-state index in [-0.39, 0.29) is 26.1 Å². The second-order valence-corrected chi connectivity index (χ2v) is 17.1. The summed E-state index contributed by atoms with van der Waals surface area (Å²) in [4.78, 5) is 37.6. The lowest BCUT2D eigenvalue weighted by Gasteiger charge is -2.28. The van der Waals surface area contributed by atoms with E-state index < -0.39 is 32.5 Å². The SMILES string of the molecule is CC/C=C\C/C=C\C/C=C\C/C=C\C/C=C\C/C=C\CCC(=O)OC[C@H](COP(=O)([O-])OCC[N+](C)(C)C)OC(=O)CCCCC/C=C\C/C=C\C/C=C\C/C=C\C/C=C\CC. The number of hydrogen-bond donors (Lipinski definition) is 0. The number of esters is 2. The van der Waals surface area contributed by atoms with Gasteiger partial charge in [-0.1, -0.05) is 154 Å². The molecule has 9 nitrogen and oxygen atoms in total. The van der Waals surface area contributed by atoms with Crippen molar-refractivity contribution in [1.82, 2.24) is 0 Å². The molecule has 348 valence electrons. The Morgan fingerprint density at radius 3 is 1.32 bits per heavy atom. The van der Waals surface area contributed by atoms with Gasteiger partial charge < -0.3 is 27.9 Å². The van der Waals surface area contributed by atoms with E-state index in [0.717, 1.165) is 89.9 Å². The van der Waals surface area contributed by atoms with Gasteiger partial charge in [0.15, 0.2) is 6.10 Å². The molecule has 0 aromatic carbocycles. The van der Waals surface area contributed by atoms with E-state index >= 15 is 0 Å². The molecule has 0 aliphatic carbocycles. The Labute approximate surface area is 377 Å². The average Bonchev–Trinajstić information content (AvgIpc) is 3.23. The molecule has 0 aromatic rings. The third kappa shape index (κ3) is 45.7. The summed E-state index contributed by atoms with van der Waals surface area (Å²) in [6.45, 7) is 3.83. The summed E-state index contributed by atoms with van der Waals surface area (Å²) in [7, 11) is 1.08. The van der Waals surface area contributed by atoms with Crippen molar-refractivity contribution in [1.29, 1.82) is 0 Å². The van der Waals surface area contributed by atoms with Gasteiger partial charge in [0.2, 0.25) is 0 Å². The number of likely N-dealkylation sites (N-methyl/N-ethyl adjacent to an activating group) is 1. The van der Waals surface area contributed by atoms with Crippen molar-refractivity contribution >= 4 is 19.8 Å². The van der Waals surface area contributed by atoms with Crippen molar-refractivity contribution in [3.05, 3.63) is 134 Å². The number of quaternary nitrogens is 1. The first-order valence-corrected chi connectivity index (χ1v) is 24.4. The summed E-state index contributed by atoms with van der Waals surface area (Å²) >= 11 is 0. The van der Waals surface area contributed by atoms with Crippen LogP contribution >= 0.6 is 7.82 Å². The number of carbonyl (C=O) groups excluding carboxylic acids is 2. The molecule has 0 radical (unpaired) electrons. The zero-order chi connectivity index (χ0) is 45.7. The van der Waals surface area contributed by atoms with Crippen molar-refractivity contribution in [3.8, 4) is 0 Å². The second-order valence-electron chi connectivity index (χ2n) is 15.6. The smallest absolute Gasteiger partial charge is 0.306 e. The van der Waals surface area contributed by atoms with Gasteiger partial charge in [-0.15, -0.1) is 0 Å². The van der Waals surface area contributed by atoms with Crippen LogP contribution in [0.2, 0.25) is 0 Å². The molecule has 10 heteroatoms. The maximum absolute atomic E-state index is 12.7. The number of carbonyl (C=O) groups is 2. The number of hydrogen-bond acceptors (Lipinski definition) is 8. The summed E-state index contributed by atoms with van der Waals surface area (Å²) in [5, 5.41) is 0. The maximum Gasteiger partial charge on any atom is 0.306 e. The van der Waals surface area contributed by atoms with E-state index in [0.29, 0.717) is 23.9 Å². The van der Waals surface area contributed by atoms with Gasteiger partial charge in [-0.3, -0.25) is 14.2 Å². The Bertz CT molecular complexity index is 1510. The van der Waals surface area contributed by atoms with Crippen molar-refractivity contribution in [2.45, 2.75) is 136 Å². The largest absolute Gasteiger partial charge is 0.756 e. The Morgan fingerprint density at radius 1 is 0.500 bits per heavy atom. The Balaban J connectivity index is 4.56. The highest BCUT2D eigenvalue weighted by molar-refractivity contribution is 7.45. The quantitative estimate of drug-likeness (QED) is 0.0197. The number of rotatable bonds is 39. The molecule has 0 saturated heterocycles. The molecule has 0 saturated carbocycles. The molecular formula is C52H82NO8P. The highest BCUT2D eigenvalue weighted by Gasteiger charge is 2.21. The summed E-state index contributed by atoms with van der Waals surface area (Å²) in [5.41, 5.74) is 0. The minimum atomic E-state index is -4.66. The van der Waals surface area contributed by atoms with Crippen molar-refractivity contribution < 1.29 is 42.1 Å². The van der Waals surface area contributed by atoms with Crippen molar-refractivity contribution in [2.75, 3.05) is 47.5 Å². The summed E-state index contributed by atoms with van der Waals surface area (Å²) in [5.74, 6) is -0.987. The van der Waals surface area contributed by atoms with Crippen LogP contribution < -0.4 is 4.89 Å². The predicted octanol–water partition coefficient (Wildman–Crippen LogP) is 12.8. The molecule has 0 aromatic heterocycles. The van der Waals surface area contributed by atoms with Gasteiger partial charge >= 0.3 is 11.9 Å². The highest BCUT2D eigenvalue weighted by atomic mass is 31.2. The normalized spacial score (nSPS) is 14.7. The van der Waals surface area contributed by atoms with E-state index in [1.165, 1.54) is 0 Å². The van der Waals surface area contributed by atoms with Crippen LogP contribution in [0.15, 0.2) is 134 Å². The fraction of sp³-hybridized carbons (Fsp3) is 0.538. The molecule has 0 fully saturated rings. The monoisotopic (exact) mass is 880 g/mol. The topological polar surface area (TPSA) is 111 Å². The van der Waals surface area contributed by atoms with Crippen molar-refractivity contribution in [3.63, 3.8) is 0 Å². The van der Waals surface area contributed by atoms with Crippen molar-refractivity contribution in [2.24, 2.45) is 0 Å². The number of phosphoric ester groups is 1. The number of ether oxygens (including phenoxy) is 2. The average molecular weight is 880 g/mol. The number of phosphoric acid groups is 1.